The van der Waals surface area contributed by atoms with Gasteiger partial charge in [-0.3, -0.25) is 4.79 Å². The largest absolute Gasteiger partial charge is 0.506 e. The summed E-state index contributed by atoms with van der Waals surface area (Å²) in [5.74, 6) is -0.472. The summed E-state index contributed by atoms with van der Waals surface area (Å²) in [6.45, 7) is 3.85. The number of hydrogen-bond donors (Lipinski definition) is 3. The van der Waals surface area contributed by atoms with Crippen LogP contribution in [0, 0.1) is 25.2 Å². The average molecular weight is 307 g/mol. The molecule has 0 aliphatic rings. The Morgan fingerprint density at radius 2 is 1.83 bits per heavy atom. The molecule has 0 aromatic heterocycles. The fourth-order valence-electron chi connectivity index (χ4n) is 1.97. The van der Waals surface area contributed by atoms with E-state index in [2.05, 4.69) is 10.6 Å². The van der Waals surface area contributed by atoms with Crippen molar-refractivity contribution in [3.8, 4) is 11.8 Å². The second-order valence-corrected chi connectivity index (χ2v) is 5.03. The lowest BCUT2D eigenvalue weighted by Gasteiger charge is -2.10. The molecule has 3 N–H and O–H groups in total. The van der Waals surface area contributed by atoms with E-state index in [9.17, 15) is 9.90 Å². The van der Waals surface area contributed by atoms with Crippen molar-refractivity contribution in [2.75, 3.05) is 10.6 Å². The van der Waals surface area contributed by atoms with Gasteiger partial charge in [-0.15, -0.1) is 0 Å². The van der Waals surface area contributed by atoms with Crippen LogP contribution in [0.5, 0.6) is 5.75 Å². The third-order valence-electron chi connectivity index (χ3n) is 3.49. The summed E-state index contributed by atoms with van der Waals surface area (Å²) >= 11 is 0. The van der Waals surface area contributed by atoms with E-state index < -0.39 is 5.91 Å². The molecule has 2 aromatic rings. The zero-order chi connectivity index (χ0) is 16.8. The topological polar surface area (TPSA) is 85.2 Å². The molecular formula is C18H17N3O2. The monoisotopic (exact) mass is 307 g/mol. The smallest absolute Gasteiger partial charge is 0.267 e. The number of carbonyl (C=O) groups excluding carboxylic acids is 1. The number of para-hydroxylation sites is 2. The molecule has 0 aliphatic heterocycles. The number of aromatic hydroxyl groups is 1. The summed E-state index contributed by atoms with van der Waals surface area (Å²) < 4.78 is 0. The van der Waals surface area contributed by atoms with Crippen LogP contribution in [0.1, 0.15) is 11.1 Å². The van der Waals surface area contributed by atoms with Crippen molar-refractivity contribution >= 4 is 17.3 Å². The molecule has 0 radical (unpaired) electrons. The molecule has 0 aliphatic carbocycles. The quantitative estimate of drug-likeness (QED) is 0.459. The van der Waals surface area contributed by atoms with E-state index in [1.807, 2.05) is 32.0 Å². The van der Waals surface area contributed by atoms with Gasteiger partial charge in [0.1, 0.15) is 17.4 Å². The van der Waals surface area contributed by atoms with Gasteiger partial charge in [-0.2, -0.15) is 5.26 Å². The second kappa shape index (κ2) is 7.14. The third kappa shape index (κ3) is 3.89. The average Bonchev–Trinajstić information content (AvgIpc) is 2.54. The Balaban J connectivity index is 2.16. The number of amides is 1. The minimum absolute atomic E-state index is 0.0379. The number of nitriles is 1. The SMILES string of the molecule is Cc1cccc(NC(=O)/C(C#N)=C\Nc2ccccc2O)c1C. The van der Waals surface area contributed by atoms with Crippen LogP contribution in [0.3, 0.4) is 0 Å². The Morgan fingerprint density at radius 1 is 1.13 bits per heavy atom. The van der Waals surface area contributed by atoms with E-state index in [4.69, 9.17) is 5.26 Å². The van der Waals surface area contributed by atoms with Gasteiger partial charge in [0, 0.05) is 11.9 Å². The fraction of sp³-hybridized carbons (Fsp3) is 0.111. The number of phenols is 1. The van der Waals surface area contributed by atoms with Crippen LogP contribution in [0.4, 0.5) is 11.4 Å². The van der Waals surface area contributed by atoms with Gasteiger partial charge in [-0.05, 0) is 43.2 Å². The predicted molar refractivity (Wildman–Crippen MR) is 90.0 cm³/mol. The van der Waals surface area contributed by atoms with Gasteiger partial charge in [0.2, 0.25) is 0 Å². The van der Waals surface area contributed by atoms with Crippen molar-refractivity contribution in [2.24, 2.45) is 0 Å². The molecule has 23 heavy (non-hydrogen) atoms. The molecule has 2 rings (SSSR count). The minimum atomic E-state index is -0.510. The molecule has 0 bridgehead atoms. The molecule has 0 atom stereocenters. The van der Waals surface area contributed by atoms with Crippen molar-refractivity contribution in [2.45, 2.75) is 13.8 Å². The highest BCUT2D eigenvalue weighted by Crippen LogP contribution is 2.22. The van der Waals surface area contributed by atoms with Gasteiger partial charge in [-0.25, -0.2) is 0 Å². The highest BCUT2D eigenvalue weighted by Gasteiger charge is 2.11. The first kappa shape index (κ1) is 16.1. The molecule has 2 aromatic carbocycles. The molecule has 116 valence electrons. The van der Waals surface area contributed by atoms with E-state index in [0.29, 0.717) is 11.4 Å². The van der Waals surface area contributed by atoms with E-state index in [1.165, 1.54) is 12.3 Å². The number of anilines is 2. The van der Waals surface area contributed by atoms with E-state index in [0.717, 1.165) is 11.1 Å². The van der Waals surface area contributed by atoms with Crippen LogP contribution in [-0.4, -0.2) is 11.0 Å². The standard InChI is InChI=1S/C18H17N3O2/c1-12-6-5-8-15(13(12)2)21-18(23)14(10-19)11-20-16-7-3-4-9-17(16)22/h3-9,11,20,22H,1-2H3,(H,21,23)/b14-11-. The minimum Gasteiger partial charge on any atom is -0.506 e. The van der Waals surface area contributed by atoms with Crippen LogP contribution >= 0.6 is 0 Å². The number of nitrogens with zero attached hydrogens (tertiary/aromatic N) is 1. The number of phenolic OH excluding ortho intramolecular Hbond substituents is 1. The Labute approximate surface area is 134 Å². The molecule has 0 spiro atoms. The fourth-order valence-corrected chi connectivity index (χ4v) is 1.97. The number of aryl methyl sites for hydroxylation is 1. The Bertz CT molecular complexity index is 804. The van der Waals surface area contributed by atoms with Gasteiger partial charge >= 0.3 is 0 Å². The summed E-state index contributed by atoms with van der Waals surface area (Å²) in [7, 11) is 0. The van der Waals surface area contributed by atoms with Crippen molar-refractivity contribution < 1.29 is 9.90 Å². The van der Waals surface area contributed by atoms with Crippen molar-refractivity contribution in [1.29, 1.82) is 5.26 Å². The van der Waals surface area contributed by atoms with Gasteiger partial charge in [0.05, 0.1) is 5.69 Å². The summed E-state index contributed by atoms with van der Waals surface area (Å²) in [4.78, 5) is 12.2. The van der Waals surface area contributed by atoms with Crippen LogP contribution < -0.4 is 10.6 Å². The zero-order valence-electron chi connectivity index (χ0n) is 12.9. The molecule has 5 heteroatoms. The second-order valence-electron chi connectivity index (χ2n) is 5.03. The summed E-state index contributed by atoms with van der Waals surface area (Å²) in [6, 6.07) is 14.0. The molecule has 0 heterocycles. The summed E-state index contributed by atoms with van der Waals surface area (Å²) in [5.41, 5.74) is 3.00. The van der Waals surface area contributed by atoms with Crippen LogP contribution in [-0.2, 0) is 4.79 Å². The Morgan fingerprint density at radius 3 is 2.52 bits per heavy atom. The van der Waals surface area contributed by atoms with Crippen LogP contribution in [0.15, 0.2) is 54.2 Å². The lowest BCUT2D eigenvalue weighted by molar-refractivity contribution is -0.112. The molecular weight excluding hydrogens is 290 g/mol. The van der Waals surface area contributed by atoms with Gasteiger partial charge in [0.15, 0.2) is 0 Å². The lowest BCUT2D eigenvalue weighted by Crippen LogP contribution is -2.15. The molecule has 0 saturated heterocycles. The normalized spacial score (nSPS) is 10.7. The predicted octanol–water partition coefficient (Wildman–Crippen LogP) is 3.47. The molecule has 0 fully saturated rings. The van der Waals surface area contributed by atoms with Crippen molar-refractivity contribution in [3.63, 3.8) is 0 Å². The number of rotatable bonds is 4. The third-order valence-corrected chi connectivity index (χ3v) is 3.49. The number of carbonyl (C=O) groups is 1. The van der Waals surface area contributed by atoms with Gasteiger partial charge in [0.25, 0.3) is 5.91 Å². The van der Waals surface area contributed by atoms with E-state index in [-0.39, 0.29) is 11.3 Å². The number of nitrogens with one attached hydrogen (secondary N) is 2. The Kier molecular flexibility index (Phi) is 5.00. The summed E-state index contributed by atoms with van der Waals surface area (Å²) in [5, 5.41) is 24.3. The number of benzene rings is 2. The lowest BCUT2D eigenvalue weighted by atomic mass is 10.1. The Hall–Kier alpha value is -3.26. The first-order valence-corrected chi connectivity index (χ1v) is 7.05. The summed E-state index contributed by atoms with van der Waals surface area (Å²) in [6.07, 6.45) is 1.27. The zero-order valence-corrected chi connectivity index (χ0v) is 12.9. The van der Waals surface area contributed by atoms with E-state index >= 15 is 0 Å². The first-order valence-electron chi connectivity index (χ1n) is 7.05. The maximum atomic E-state index is 12.2. The maximum absolute atomic E-state index is 12.2. The van der Waals surface area contributed by atoms with Gasteiger partial charge < -0.3 is 15.7 Å². The highest BCUT2D eigenvalue weighted by molar-refractivity contribution is 6.07. The molecule has 0 unspecified atom stereocenters. The molecule has 1 amide bonds. The van der Waals surface area contributed by atoms with Crippen molar-refractivity contribution in [3.05, 3.63) is 65.4 Å². The number of hydrogen-bond acceptors (Lipinski definition) is 4. The van der Waals surface area contributed by atoms with Crippen LogP contribution in [0.25, 0.3) is 0 Å². The maximum Gasteiger partial charge on any atom is 0.267 e. The van der Waals surface area contributed by atoms with Crippen molar-refractivity contribution in [1.82, 2.24) is 0 Å². The first-order chi connectivity index (χ1) is 11.0. The van der Waals surface area contributed by atoms with Crippen LogP contribution in [0.2, 0.25) is 0 Å². The molecule has 5 nitrogen and oxygen atoms in total. The highest BCUT2D eigenvalue weighted by atomic mass is 16.3. The van der Waals surface area contributed by atoms with Gasteiger partial charge in [-0.1, -0.05) is 24.3 Å². The molecule has 0 saturated carbocycles. The van der Waals surface area contributed by atoms with E-state index in [1.54, 1.807) is 24.3 Å².